The van der Waals surface area contributed by atoms with Gasteiger partial charge >= 0.3 is 0 Å². The number of hydrogen-bond acceptors (Lipinski definition) is 1. The van der Waals surface area contributed by atoms with Crippen molar-refractivity contribution < 1.29 is 5.11 Å². The average Bonchev–Trinajstić information content (AvgIpc) is 2.47. The highest BCUT2D eigenvalue weighted by atomic mass is 16.3. The second kappa shape index (κ2) is 3.27. The van der Waals surface area contributed by atoms with E-state index in [1.165, 1.54) is 44.9 Å². The van der Waals surface area contributed by atoms with Crippen molar-refractivity contribution in [2.24, 2.45) is 5.41 Å². The molecule has 1 atom stereocenters. The van der Waals surface area contributed by atoms with E-state index < -0.39 is 0 Å². The lowest BCUT2D eigenvalue weighted by Gasteiger charge is -2.45. The minimum Gasteiger partial charge on any atom is -0.389 e. The lowest BCUT2D eigenvalue weighted by Crippen LogP contribution is -2.44. The topological polar surface area (TPSA) is 20.2 Å². The molecule has 1 unspecified atom stereocenters. The molecule has 2 rings (SSSR count). The van der Waals surface area contributed by atoms with Crippen molar-refractivity contribution in [2.75, 3.05) is 0 Å². The standard InChI is InChI=1S/C12H22O/c1-2-12(13)10-6-9-11(12)7-4-3-5-8-11/h13H,2-10H2,1H3. The smallest absolute Gasteiger partial charge is 0.0701 e. The predicted molar refractivity (Wildman–Crippen MR) is 54.6 cm³/mol. The summed E-state index contributed by atoms with van der Waals surface area (Å²) in [5.41, 5.74) is 0.0351. The van der Waals surface area contributed by atoms with Crippen LogP contribution in [0.5, 0.6) is 0 Å². The Bertz CT molecular complexity index is 182. The summed E-state index contributed by atoms with van der Waals surface area (Å²) in [5.74, 6) is 0. The largest absolute Gasteiger partial charge is 0.389 e. The van der Waals surface area contributed by atoms with Gasteiger partial charge in [-0.2, -0.15) is 0 Å². The molecule has 2 aliphatic rings. The van der Waals surface area contributed by atoms with Crippen molar-refractivity contribution in [3.63, 3.8) is 0 Å². The van der Waals surface area contributed by atoms with Crippen LogP contribution in [0.1, 0.15) is 64.7 Å². The molecule has 0 aromatic rings. The van der Waals surface area contributed by atoms with Crippen LogP contribution in [0.15, 0.2) is 0 Å². The van der Waals surface area contributed by atoms with Gasteiger partial charge in [-0.05, 0) is 43.9 Å². The molecule has 1 heteroatoms. The predicted octanol–water partition coefficient (Wildman–Crippen LogP) is 3.26. The Morgan fingerprint density at radius 2 is 1.54 bits per heavy atom. The highest BCUT2D eigenvalue weighted by Crippen LogP contribution is 2.56. The molecule has 76 valence electrons. The molecule has 0 radical (unpaired) electrons. The van der Waals surface area contributed by atoms with Gasteiger partial charge in [0.05, 0.1) is 5.60 Å². The lowest BCUT2D eigenvalue weighted by atomic mass is 9.64. The molecule has 13 heavy (non-hydrogen) atoms. The summed E-state index contributed by atoms with van der Waals surface area (Å²) in [6, 6.07) is 0. The average molecular weight is 182 g/mol. The van der Waals surface area contributed by atoms with Gasteiger partial charge in [-0.3, -0.25) is 0 Å². The number of aliphatic hydroxyl groups is 1. The van der Waals surface area contributed by atoms with Gasteiger partial charge in [0.15, 0.2) is 0 Å². The summed E-state index contributed by atoms with van der Waals surface area (Å²) in [7, 11) is 0. The van der Waals surface area contributed by atoms with Crippen molar-refractivity contribution in [1.29, 1.82) is 0 Å². The molecular formula is C12H22O. The Hall–Kier alpha value is -0.0400. The first-order valence-electron chi connectivity index (χ1n) is 5.95. The normalized spacial score (nSPS) is 38.3. The van der Waals surface area contributed by atoms with Gasteiger partial charge in [0.2, 0.25) is 0 Å². The maximum absolute atomic E-state index is 10.6. The maximum Gasteiger partial charge on any atom is 0.0701 e. The number of hydrogen-bond donors (Lipinski definition) is 1. The third-order valence-corrected chi connectivity index (χ3v) is 4.63. The second-order valence-corrected chi connectivity index (χ2v) is 5.08. The second-order valence-electron chi connectivity index (χ2n) is 5.08. The monoisotopic (exact) mass is 182 g/mol. The summed E-state index contributed by atoms with van der Waals surface area (Å²) in [6.07, 6.45) is 11.2. The van der Waals surface area contributed by atoms with Gasteiger partial charge in [0.1, 0.15) is 0 Å². The van der Waals surface area contributed by atoms with Crippen LogP contribution >= 0.6 is 0 Å². The Kier molecular flexibility index (Phi) is 2.39. The molecule has 1 nitrogen and oxygen atoms in total. The molecule has 0 saturated heterocycles. The summed E-state index contributed by atoms with van der Waals surface area (Å²) >= 11 is 0. The minimum absolute atomic E-state index is 0.298. The Labute approximate surface area is 81.5 Å². The molecule has 1 N–H and O–H groups in total. The van der Waals surface area contributed by atoms with Crippen LogP contribution in [-0.2, 0) is 0 Å². The summed E-state index contributed by atoms with van der Waals surface area (Å²) < 4.78 is 0. The molecule has 2 saturated carbocycles. The van der Waals surface area contributed by atoms with Crippen LogP contribution in [0.25, 0.3) is 0 Å². The lowest BCUT2D eigenvalue weighted by molar-refractivity contribution is -0.0828. The zero-order valence-electron chi connectivity index (χ0n) is 8.81. The van der Waals surface area contributed by atoms with Gasteiger partial charge in [0.25, 0.3) is 0 Å². The van der Waals surface area contributed by atoms with Crippen LogP contribution in [0, 0.1) is 5.41 Å². The van der Waals surface area contributed by atoms with E-state index in [9.17, 15) is 5.11 Å². The number of rotatable bonds is 1. The third kappa shape index (κ3) is 1.32. The Morgan fingerprint density at radius 3 is 2.15 bits per heavy atom. The first-order chi connectivity index (χ1) is 6.22. The fourth-order valence-electron chi connectivity index (χ4n) is 3.71. The summed E-state index contributed by atoms with van der Waals surface area (Å²) in [5, 5.41) is 10.6. The van der Waals surface area contributed by atoms with Gasteiger partial charge in [-0.25, -0.2) is 0 Å². The van der Waals surface area contributed by atoms with Crippen LogP contribution in [0.3, 0.4) is 0 Å². The minimum atomic E-state index is -0.298. The molecule has 0 aliphatic heterocycles. The van der Waals surface area contributed by atoms with Gasteiger partial charge in [0, 0.05) is 0 Å². The quantitative estimate of drug-likeness (QED) is 0.660. The Morgan fingerprint density at radius 1 is 0.923 bits per heavy atom. The molecule has 2 aliphatic carbocycles. The van der Waals surface area contributed by atoms with Crippen molar-refractivity contribution in [3.05, 3.63) is 0 Å². The molecule has 1 spiro atoms. The first kappa shape index (κ1) is 9.51. The fourth-order valence-corrected chi connectivity index (χ4v) is 3.71. The van der Waals surface area contributed by atoms with E-state index >= 15 is 0 Å². The van der Waals surface area contributed by atoms with E-state index in [0.29, 0.717) is 5.41 Å². The van der Waals surface area contributed by atoms with E-state index in [1.807, 2.05) is 0 Å². The SMILES string of the molecule is CCC1(O)CCCC12CCCCC2. The fraction of sp³-hybridized carbons (Fsp3) is 1.00. The van der Waals surface area contributed by atoms with Crippen LogP contribution in [-0.4, -0.2) is 10.7 Å². The summed E-state index contributed by atoms with van der Waals surface area (Å²) in [6.45, 7) is 2.15. The van der Waals surface area contributed by atoms with Crippen molar-refractivity contribution in [3.8, 4) is 0 Å². The van der Waals surface area contributed by atoms with Crippen LogP contribution in [0.2, 0.25) is 0 Å². The zero-order valence-corrected chi connectivity index (χ0v) is 8.81. The Balaban J connectivity index is 2.18. The maximum atomic E-state index is 10.6. The molecule has 0 bridgehead atoms. The highest BCUT2D eigenvalue weighted by molar-refractivity contribution is 5.03. The summed E-state index contributed by atoms with van der Waals surface area (Å²) in [4.78, 5) is 0. The van der Waals surface area contributed by atoms with Crippen LogP contribution < -0.4 is 0 Å². The molecule has 0 aromatic carbocycles. The van der Waals surface area contributed by atoms with Gasteiger partial charge in [-0.15, -0.1) is 0 Å². The van der Waals surface area contributed by atoms with Crippen LogP contribution in [0.4, 0.5) is 0 Å². The van der Waals surface area contributed by atoms with E-state index in [2.05, 4.69) is 6.92 Å². The van der Waals surface area contributed by atoms with E-state index in [0.717, 1.165) is 12.8 Å². The molecule has 0 heterocycles. The van der Waals surface area contributed by atoms with E-state index in [-0.39, 0.29) is 5.60 Å². The van der Waals surface area contributed by atoms with Crippen molar-refractivity contribution in [1.82, 2.24) is 0 Å². The van der Waals surface area contributed by atoms with E-state index in [4.69, 9.17) is 0 Å². The van der Waals surface area contributed by atoms with Gasteiger partial charge < -0.3 is 5.11 Å². The first-order valence-corrected chi connectivity index (χ1v) is 5.95. The zero-order chi connectivity index (χ0) is 9.36. The van der Waals surface area contributed by atoms with Crippen molar-refractivity contribution in [2.45, 2.75) is 70.3 Å². The molecule has 2 fully saturated rings. The van der Waals surface area contributed by atoms with E-state index in [1.54, 1.807) is 0 Å². The molecule has 0 amide bonds. The molecule has 0 aromatic heterocycles. The highest BCUT2D eigenvalue weighted by Gasteiger charge is 2.52. The van der Waals surface area contributed by atoms with Gasteiger partial charge in [-0.1, -0.05) is 26.2 Å². The third-order valence-electron chi connectivity index (χ3n) is 4.63. The van der Waals surface area contributed by atoms with Crippen molar-refractivity contribution >= 4 is 0 Å². The molecular weight excluding hydrogens is 160 g/mol.